The predicted octanol–water partition coefficient (Wildman–Crippen LogP) is 2.39. The predicted molar refractivity (Wildman–Crippen MR) is 113 cm³/mol. The minimum Gasteiger partial charge on any atom is -0.489 e. The molecule has 0 unspecified atom stereocenters. The topological polar surface area (TPSA) is 66.9 Å². The molecule has 1 aliphatic rings. The summed E-state index contributed by atoms with van der Waals surface area (Å²) in [4.78, 5) is 16.8. The Hall–Kier alpha value is -2.45. The lowest BCUT2D eigenvalue weighted by Gasteiger charge is -2.34. The summed E-state index contributed by atoms with van der Waals surface area (Å²) in [6, 6.07) is 13.0. The first-order valence-corrected chi connectivity index (χ1v) is 11.9. The van der Waals surface area contributed by atoms with Gasteiger partial charge in [-0.05, 0) is 36.2 Å². The summed E-state index contributed by atoms with van der Waals surface area (Å²) in [5.74, 6) is -0.000738. The van der Waals surface area contributed by atoms with Gasteiger partial charge >= 0.3 is 0 Å². The molecule has 0 bridgehead atoms. The number of amides is 1. The number of carbonyl (C=O) groups is 1. The van der Waals surface area contributed by atoms with Crippen LogP contribution in [-0.4, -0.2) is 69.7 Å². The van der Waals surface area contributed by atoms with Crippen LogP contribution in [0.2, 0.25) is 0 Å². The maximum absolute atomic E-state index is 13.6. The van der Waals surface area contributed by atoms with Crippen molar-refractivity contribution in [2.75, 3.05) is 45.6 Å². The molecule has 0 atom stereocenters. The van der Waals surface area contributed by atoms with E-state index in [-0.39, 0.29) is 22.4 Å². The Kier molecular flexibility index (Phi) is 7.44. The molecule has 0 radical (unpaired) electrons. The fraction of sp³-hybridized carbons (Fsp3) is 0.409. The van der Waals surface area contributed by atoms with Gasteiger partial charge in [-0.15, -0.1) is 0 Å². The number of carbonyl (C=O) groups excluding carboxylic acids is 1. The lowest BCUT2D eigenvalue weighted by Crippen LogP contribution is -2.49. The third-order valence-corrected chi connectivity index (χ3v) is 6.33. The number of rotatable bonds is 8. The SMILES string of the molecule is CS(=O)(=O)c1ccc(CCC(=O)N2CCN(CCOc3ccccc3F)CC2)cc1. The highest BCUT2D eigenvalue weighted by Gasteiger charge is 2.21. The van der Waals surface area contributed by atoms with Crippen LogP contribution in [-0.2, 0) is 21.1 Å². The van der Waals surface area contributed by atoms with Crippen molar-refractivity contribution < 1.29 is 22.3 Å². The Morgan fingerprint density at radius 1 is 1.03 bits per heavy atom. The van der Waals surface area contributed by atoms with Crippen LogP contribution in [0, 0.1) is 5.82 Å². The molecule has 1 aliphatic heterocycles. The Balaban J connectivity index is 1.37. The van der Waals surface area contributed by atoms with Crippen LogP contribution in [0.15, 0.2) is 53.4 Å². The molecule has 0 spiro atoms. The molecule has 2 aromatic rings. The number of hydrogen-bond donors (Lipinski definition) is 0. The lowest BCUT2D eigenvalue weighted by atomic mass is 10.1. The van der Waals surface area contributed by atoms with Crippen molar-refractivity contribution in [3.63, 3.8) is 0 Å². The lowest BCUT2D eigenvalue weighted by molar-refractivity contribution is -0.132. The van der Waals surface area contributed by atoms with Crippen LogP contribution < -0.4 is 4.74 Å². The number of piperazine rings is 1. The Labute approximate surface area is 177 Å². The van der Waals surface area contributed by atoms with Gasteiger partial charge in [0.2, 0.25) is 5.91 Å². The molecule has 0 aliphatic carbocycles. The fourth-order valence-corrected chi connectivity index (χ4v) is 4.01. The molecule has 0 N–H and O–H groups in total. The van der Waals surface area contributed by atoms with Gasteiger partial charge in [-0.3, -0.25) is 9.69 Å². The van der Waals surface area contributed by atoms with Crippen LogP contribution in [0.3, 0.4) is 0 Å². The second-order valence-corrected chi connectivity index (χ2v) is 9.43. The van der Waals surface area contributed by atoms with Gasteiger partial charge in [0.1, 0.15) is 6.61 Å². The van der Waals surface area contributed by atoms with Gasteiger partial charge in [-0.2, -0.15) is 0 Å². The standard InChI is InChI=1S/C22H27FN2O4S/c1-30(27,28)19-9-6-18(7-10-19)8-11-22(26)25-14-12-24(13-15-25)16-17-29-21-5-3-2-4-20(21)23/h2-7,9-10H,8,11-17H2,1H3. The summed E-state index contributed by atoms with van der Waals surface area (Å²) in [5.41, 5.74) is 0.944. The second-order valence-electron chi connectivity index (χ2n) is 7.42. The Bertz CT molecular complexity index is 955. The Morgan fingerprint density at radius 2 is 1.70 bits per heavy atom. The summed E-state index contributed by atoms with van der Waals surface area (Å²) >= 11 is 0. The van der Waals surface area contributed by atoms with E-state index >= 15 is 0 Å². The van der Waals surface area contributed by atoms with E-state index in [2.05, 4.69) is 4.90 Å². The van der Waals surface area contributed by atoms with Crippen molar-refractivity contribution >= 4 is 15.7 Å². The molecule has 6 nitrogen and oxygen atoms in total. The molecule has 162 valence electrons. The van der Waals surface area contributed by atoms with Gasteiger partial charge in [-0.25, -0.2) is 12.8 Å². The van der Waals surface area contributed by atoms with Crippen molar-refractivity contribution in [2.45, 2.75) is 17.7 Å². The van der Waals surface area contributed by atoms with E-state index in [0.717, 1.165) is 18.7 Å². The van der Waals surface area contributed by atoms with Crippen molar-refractivity contribution in [3.05, 3.63) is 59.9 Å². The molecule has 0 aromatic heterocycles. The van der Waals surface area contributed by atoms with Crippen LogP contribution in [0.1, 0.15) is 12.0 Å². The number of sulfone groups is 1. The molecule has 1 heterocycles. The molecular formula is C22H27FN2O4S. The van der Waals surface area contributed by atoms with Crippen LogP contribution in [0.4, 0.5) is 4.39 Å². The minimum atomic E-state index is -3.21. The molecule has 2 aromatic carbocycles. The van der Waals surface area contributed by atoms with E-state index in [1.165, 1.54) is 12.3 Å². The van der Waals surface area contributed by atoms with E-state index in [1.54, 1.807) is 42.5 Å². The molecule has 8 heteroatoms. The highest BCUT2D eigenvalue weighted by Crippen LogP contribution is 2.16. The molecule has 3 rings (SSSR count). The van der Waals surface area contributed by atoms with Crippen molar-refractivity contribution in [3.8, 4) is 5.75 Å². The molecule has 1 fully saturated rings. The maximum Gasteiger partial charge on any atom is 0.222 e. The number of aryl methyl sites for hydroxylation is 1. The third kappa shape index (κ3) is 6.27. The van der Waals surface area contributed by atoms with E-state index in [0.29, 0.717) is 39.1 Å². The average molecular weight is 435 g/mol. The van der Waals surface area contributed by atoms with Gasteiger partial charge in [0.25, 0.3) is 0 Å². The second kappa shape index (κ2) is 10.0. The molecule has 1 amide bonds. The first kappa shape index (κ1) is 22.2. The molecule has 30 heavy (non-hydrogen) atoms. The van der Waals surface area contributed by atoms with E-state index in [1.807, 2.05) is 4.90 Å². The monoisotopic (exact) mass is 434 g/mol. The fourth-order valence-electron chi connectivity index (χ4n) is 3.38. The number of halogens is 1. The first-order chi connectivity index (χ1) is 14.3. The van der Waals surface area contributed by atoms with E-state index < -0.39 is 9.84 Å². The van der Waals surface area contributed by atoms with Gasteiger partial charge in [0, 0.05) is 45.4 Å². The smallest absolute Gasteiger partial charge is 0.222 e. The van der Waals surface area contributed by atoms with Crippen molar-refractivity contribution in [1.29, 1.82) is 0 Å². The normalized spacial score (nSPS) is 15.2. The number of ether oxygens (including phenoxy) is 1. The number of para-hydroxylation sites is 1. The molecule has 1 saturated heterocycles. The highest BCUT2D eigenvalue weighted by atomic mass is 32.2. The van der Waals surface area contributed by atoms with Gasteiger partial charge < -0.3 is 9.64 Å². The summed E-state index contributed by atoms with van der Waals surface area (Å²) in [6.45, 7) is 3.92. The summed E-state index contributed by atoms with van der Waals surface area (Å²) in [6.07, 6.45) is 2.16. The summed E-state index contributed by atoms with van der Waals surface area (Å²) in [7, 11) is -3.21. The largest absolute Gasteiger partial charge is 0.489 e. The zero-order valence-corrected chi connectivity index (χ0v) is 17.9. The molecular weight excluding hydrogens is 407 g/mol. The third-order valence-electron chi connectivity index (χ3n) is 5.21. The molecule has 0 saturated carbocycles. The van der Waals surface area contributed by atoms with Crippen molar-refractivity contribution in [1.82, 2.24) is 9.80 Å². The van der Waals surface area contributed by atoms with Gasteiger partial charge in [-0.1, -0.05) is 24.3 Å². The van der Waals surface area contributed by atoms with Crippen LogP contribution >= 0.6 is 0 Å². The highest BCUT2D eigenvalue weighted by molar-refractivity contribution is 7.90. The minimum absolute atomic E-state index is 0.101. The zero-order valence-electron chi connectivity index (χ0n) is 17.1. The van der Waals surface area contributed by atoms with Gasteiger partial charge in [0.05, 0.1) is 4.90 Å². The maximum atomic E-state index is 13.6. The van der Waals surface area contributed by atoms with Crippen LogP contribution in [0.25, 0.3) is 0 Å². The average Bonchev–Trinajstić information content (AvgIpc) is 2.73. The quantitative estimate of drug-likeness (QED) is 0.638. The number of nitrogens with zero attached hydrogens (tertiary/aromatic N) is 2. The van der Waals surface area contributed by atoms with E-state index in [4.69, 9.17) is 4.74 Å². The summed E-state index contributed by atoms with van der Waals surface area (Å²) in [5, 5.41) is 0. The van der Waals surface area contributed by atoms with Crippen LogP contribution in [0.5, 0.6) is 5.75 Å². The Morgan fingerprint density at radius 3 is 2.33 bits per heavy atom. The first-order valence-electron chi connectivity index (χ1n) is 9.99. The number of hydrogen-bond acceptors (Lipinski definition) is 5. The van der Waals surface area contributed by atoms with Gasteiger partial charge in [0.15, 0.2) is 21.4 Å². The summed E-state index contributed by atoms with van der Waals surface area (Å²) < 4.78 is 42.1. The van der Waals surface area contributed by atoms with E-state index in [9.17, 15) is 17.6 Å². The number of benzene rings is 2. The van der Waals surface area contributed by atoms with Crippen molar-refractivity contribution in [2.24, 2.45) is 0 Å². The zero-order chi connectivity index (χ0) is 21.6.